The first-order valence-corrected chi connectivity index (χ1v) is 22.7. The lowest BCUT2D eigenvalue weighted by molar-refractivity contribution is 0.480. The maximum atomic E-state index is 12.0. The van der Waals surface area contributed by atoms with Gasteiger partial charge in [-0.05, 0) is 92.2 Å². The Morgan fingerprint density at radius 3 is 1.53 bits per heavy atom. The average Bonchev–Trinajstić information content (AvgIpc) is 3.48. The third kappa shape index (κ3) is 8.08. The van der Waals surface area contributed by atoms with Crippen LogP contribution >= 0.6 is 0 Å². The molecule has 0 atom stereocenters. The van der Waals surface area contributed by atoms with Gasteiger partial charge in [0.1, 0.15) is 0 Å². The van der Waals surface area contributed by atoms with E-state index in [9.17, 15) is 51.9 Å². The topological polar surface area (TPSA) is 224 Å². The van der Waals surface area contributed by atoms with E-state index in [1.165, 1.54) is 72.8 Å². The van der Waals surface area contributed by atoms with Crippen molar-refractivity contribution in [2.75, 3.05) is 4.90 Å². The van der Waals surface area contributed by atoms with Crippen molar-refractivity contribution in [3.05, 3.63) is 144 Å². The second-order valence-electron chi connectivity index (χ2n) is 14.2. The highest BCUT2D eigenvalue weighted by Gasteiger charge is 2.46. The third-order valence-corrected chi connectivity index (χ3v) is 13.3. The Morgan fingerprint density at radius 1 is 0.526 bits per heavy atom. The molecule has 0 spiro atoms. The quantitative estimate of drug-likeness (QED) is 0.0723. The van der Waals surface area contributed by atoms with Crippen molar-refractivity contribution in [3.63, 3.8) is 0 Å². The molecule has 2 aliphatic rings. The molecule has 298 valence electrons. The highest BCUT2D eigenvalue weighted by molar-refractivity contribution is 7.86. The molecule has 0 fully saturated rings. The molecule has 57 heavy (non-hydrogen) atoms. The van der Waals surface area contributed by atoms with Crippen molar-refractivity contribution in [1.82, 2.24) is 4.58 Å². The number of benzene rings is 4. The van der Waals surface area contributed by atoms with Crippen LogP contribution in [0.2, 0.25) is 0 Å². The largest absolute Gasteiger partial charge is 0.313 e. The maximum absolute atomic E-state index is 12.0. The molecule has 18 heteroatoms. The van der Waals surface area contributed by atoms with E-state index in [2.05, 4.69) is 0 Å². The zero-order valence-corrected chi connectivity index (χ0v) is 34.0. The summed E-state index contributed by atoms with van der Waals surface area (Å²) >= 11 is 0. The number of anilines is 2. The van der Waals surface area contributed by atoms with Gasteiger partial charge in [-0.2, -0.15) is 38.2 Å². The van der Waals surface area contributed by atoms with Crippen molar-refractivity contribution in [2.45, 2.75) is 58.1 Å². The molecule has 0 unspecified atom stereocenters. The fourth-order valence-corrected chi connectivity index (χ4v) is 8.95. The van der Waals surface area contributed by atoms with Crippen LogP contribution in [0.25, 0.3) is 0 Å². The van der Waals surface area contributed by atoms with Gasteiger partial charge in [-0.15, -0.1) is 0 Å². The van der Waals surface area contributed by atoms with Crippen LogP contribution in [0.15, 0.2) is 153 Å². The number of allylic oxidation sites excluding steroid dienone is 8. The van der Waals surface area contributed by atoms with Crippen molar-refractivity contribution in [2.24, 2.45) is 0 Å². The molecular weight excluding hydrogens is 817 g/mol. The fourth-order valence-electron chi connectivity index (χ4n) is 6.98. The Labute approximate surface area is 331 Å². The predicted octanol–water partition coefficient (Wildman–Crippen LogP) is 6.92. The van der Waals surface area contributed by atoms with Gasteiger partial charge >= 0.3 is 0 Å². The van der Waals surface area contributed by atoms with Gasteiger partial charge in [-0.1, -0.05) is 44.2 Å². The average molecular weight is 854 g/mol. The Hall–Kier alpha value is -5.05. The molecule has 0 radical (unpaired) electrons. The first kappa shape index (κ1) is 41.6. The second kappa shape index (κ2) is 14.4. The normalized spacial score (nSPS) is 17.7. The smallest absolute Gasteiger partial charge is 0.294 e. The van der Waals surface area contributed by atoms with E-state index in [-0.39, 0.29) is 19.6 Å². The Morgan fingerprint density at radius 2 is 0.982 bits per heavy atom. The van der Waals surface area contributed by atoms with Gasteiger partial charge in [0, 0.05) is 46.6 Å². The van der Waals surface area contributed by atoms with Crippen LogP contribution in [0, 0.1) is 0 Å². The highest BCUT2D eigenvalue weighted by Crippen LogP contribution is 2.52. The van der Waals surface area contributed by atoms with Crippen molar-refractivity contribution >= 4 is 68.9 Å². The molecule has 2 heterocycles. The zero-order valence-electron chi connectivity index (χ0n) is 30.7. The van der Waals surface area contributed by atoms with Crippen LogP contribution < -0.4 is 9.48 Å². The van der Waals surface area contributed by atoms with Gasteiger partial charge < -0.3 is 4.90 Å². The van der Waals surface area contributed by atoms with Crippen LogP contribution in [0.5, 0.6) is 0 Å². The van der Waals surface area contributed by atoms with E-state index in [4.69, 9.17) is 0 Å². The van der Waals surface area contributed by atoms with Crippen LogP contribution in [0.1, 0.15) is 38.8 Å². The van der Waals surface area contributed by atoms with E-state index in [0.29, 0.717) is 45.3 Å². The maximum Gasteiger partial charge on any atom is 0.294 e. The van der Waals surface area contributed by atoms with Crippen molar-refractivity contribution in [1.29, 1.82) is 0 Å². The molecule has 4 N–H and O–H groups in total. The molecule has 0 saturated heterocycles. The minimum atomic E-state index is -4.52. The minimum absolute atomic E-state index is 0.290. The van der Waals surface area contributed by atoms with Gasteiger partial charge in [-0.25, -0.2) is 0 Å². The third-order valence-electron chi connectivity index (χ3n) is 9.86. The zero-order chi connectivity index (χ0) is 41.9. The Bertz CT molecular complexity index is 2930. The van der Waals surface area contributed by atoms with E-state index in [0.717, 1.165) is 0 Å². The standard InChI is InChI=1S/C39H36N2O12S4/c1-38(2)32-24-30(56(48,49)50)20-22-34(32)40(26-12-16-28(17-13-26)54(42,43)44)36(38)10-8-6-5-7-9-11-37-39(3,4)33-25-31(57(51,52)53)21-23-35(33)41(37)27-14-18-29(19-15-27)55(45,46)47/h5-25H,1-4H3,(H3-,42,43,44,45,46,47,48,49,50,51,52,53)/p+1. The summed E-state index contributed by atoms with van der Waals surface area (Å²) in [4.78, 5) is 0.618. The van der Waals surface area contributed by atoms with Gasteiger partial charge in [0.2, 0.25) is 11.4 Å². The first-order valence-electron chi connectivity index (χ1n) is 16.9. The second-order valence-corrected chi connectivity index (χ2v) is 19.9. The molecule has 4 aromatic carbocycles. The van der Waals surface area contributed by atoms with Gasteiger partial charge in [-0.3, -0.25) is 18.2 Å². The van der Waals surface area contributed by atoms with Crippen LogP contribution in [-0.2, 0) is 51.3 Å². The minimum Gasteiger partial charge on any atom is -0.313 e. The van der Waals surface area contributed by atoms with Gasteiger partial charge in [0.25, 0.3) is 40.5 Å². The van der Waals surface area contributed by atoms with Gasteiger partial charge in [0.15, 0.2) is 5.71 Å². The number of fused-ring (bicyclic) bond motifs is 2. The predicted molar refractivity (Wildman–Crippen MR) is 215 cm³/mol. The van der Waals surface area contributed by atoms with Crippen LogP contribution in [0.4, 0.5) is 22.7 Å². The van der Waals surface area contributed by atoms with Crippen LogP contribution in [0.3, 0.4) is 0 Å². The summed E-state index contributed by atoms with van der Waals surface area (Å²) in [7, 11) is -18.0. The van der Waals surface area contributed by atoms with E-state index >= 15 is 0 Å². The fraction of sp³-hybridized carbons (Fsp3) is 0.154. The molecule has 4 aromatic rings. The molecule has 0 aliphatic carbocycles. The number of nitrogens with zero attached hydrogens (tertiary/aromatic N) is 2. The SMILES string of the molecule is CC1(C)C(=CC=CC=CC=CC2=[N+](c3ccc(S(=O)(=O)O)cc3)c3ccc(S(=O)(=O)O)cc3C2(C)C)N(c2ccc(S(=O)(=O)O)cc2)c2ccc(S(=O)(=O)O)cc21. The molecule has 2 aliphatic heterocycles. The summed E-state index contributed by atoms with van der Waals surface area (Å²) in [6, 6.07) is 19.4. The summed E-state index contributed by atoms with van der Waals surface area (Å²) < 4.78 is 135. The number of hydrogen-bond donors (Lipinski definition) is 4. The van der Waals surface area contributed by atoms with Crippen molar-refractivity contribution in [3.8, 4) is 0 Å². The summed E-state index contributed by atoms with van der Waals surface area (Å²) in [5.74, 6) is 0. The highest BCUT2D eigenvalue weighted by atomic mass is 32.2. The Kier molecular flexibility index (Phi) is 10.5. The van der Waals surface area contributed by atoms with Gasteiger partial charge in [0.05, 0.1) is 30.7 Å². The lowest BCUT2D eigenvalue weighted by Gasteiger charge is -2.27. The first-order chi connectivity index (χ1) is 26.3. The Balaban J connectivity index is 1.36. The van der Waals surface area contributed by atoms with Crippen LogP contribution in [-0.4, -0.2) is 57.6 Å². The molecule has 6 rings (SSSR count). The molecular formula is C39H37N2O12S4+. The van der Waals surface area contributed by atoms with Crippen molar-refractivity contribution < 1.29 is 51.9 Å². The van der Waals surface area contributed by atoms with E-state index in [1.807, 2.05) is 37.2 Å². The summed E-state index contributed by atoms with van der Waals surface area (Å²) in [6.07, 6.45) is 12.3. The monoisotopic (exact) mass is 853 g/mol. The molecule has 0 saturated carbocycles. The van der Waals surface area contributed by atoms with E-state index < -0.39 is 51.3 Å². The number of rotatable bonds is 10. The summed E-state index contributed by atoms with van der Waals surface area (Å²) in [6.45, 7) is 7.46. The molecule has 0 bridgehead atoms. The molecule has 14 nitrogen and oxygen atoms in total. The molecule has 0 aromatic heterocycles. The lowest BCUT2D eigenvalue weighted by atomic mass is 9.81. The summed E-state index contributed by atoms with van der Waals surface area (Å²) in [5, 5.41) is 0. The molecule has 0 amide bonds. The summed E-state index contributed by atoms with van der Waals surface area (Å²) in [5.41, 5.74) is 3.08. The number of hydrogen-bond acceptors (Lipinski definition) is 9. The lowest BCUT2D eigenvalue weighted by Crippen LogP contribution is -2.27. The van der Waals surface area contributed by atoms with E-state index in [1.54, 1.807) is 54.7 Å².